The van der Waals surface area contributed by atoms with Gasteiger partial charge in [-0.25, -0.2) is 4.39 Å². The molecule has 0 saturated heterocycles. The second kappa shape index (κ2) is 6.84. The molecule has 1 unspecified atom stereocenters. The predicted octanol–water partition coefficient (Wildman–Crippen LogP) is 1.24. The molecule has 0 fully saturated rings. The smallest absolute Gasteiger partial charge is 0.248 e. The number of primary amides is 1. The highest BCUT2D eigenvalue weighted by molar-refractivity contribution is 5.97. The average Bonchev–Trinajstić information content (AvgIpc) is 2.38. The van der Waals surface area contributed by atoms with Gasteiger partial charge in [-0.15, -0.1) is 0 Å². The topological polar surface area (TPSA) is 98.2 Å². The Morgan fingerprint density at radius 1 is 1.42 bits per heavy atom. The Kier molecular flexibility index (Phi) is 5.44. The number of benzene rings is 1. The van der Waals surface area contributed by atoms with E-state index in [1.807, 2.05) is 6.92 Å². The Bertz CT molecular complexity index is 477. The monoisotopic (exact) mass is 267 g/mol. The number of amides is 2. The van der Waals surface area contributed by atoms with E-state index in [9.17, 15) is 14.0 Å². The summed E-state index contributed by atoms with van der Waals surface area (Å²) in [5.41, 5.74) is 10.7. The third-order valence-corrected chi connectivity index (χ3v) is 2.80. The maximum Gasteiger partial charge on any atom is 0.248 e. The van der Waals surface area contributed by atoms with E-state index in [1.54, 1.807) is 0 Å². The van der Waals surface area contributed by atoms with Gasteiger partial charge in [-0.2, -0.15) is 0 Å². The first-order chi connectivity index (χ1) is 8.99. The predicted molar refractivity (Wildman–Crippen MR) is 71.0 cm³/mol. The number of nitrogens with two attached hydrogens (primary N) is 2. The minimum absolute atomic E-state index is 0.0594. The number of anilines is 1. The van der Waals surface area contributed by atoms with Crippen LogP contribution < -0.4 is 16.8 Å². The molecule has 19 heavy (non-hydrogen) atoms. The summed E-state index contributed by atoms with van der Waals surface area (Å²) in [5.74, 6) is -2.03. The van der Waals surface area contributed by atoms with Crippen molar-refractivity contribution in [2.24, 2.45) is 17.4 Å². The van der Waals surface area contributed by atoms with Gasteiger partial charge in [0, 0.05) is 12.1 Å². The average molecular weight is 267 g/mol. The maximum atomic E-state index is 13.5. The zero-order valence-electron chi connectivity index (χ0n) is 10.8. The van der Waals surface area contributed by atoms with Crippen LogP contribution >= 0.6 is 0 Å². The van der Waals surface area contributed by atoms with Crippen molar-refractivity contribution in [3.63, 3.8) is 0 Å². The van der Waals surface area contributed by atoms with Gasteiger partial charge < -0.3 is 16.8 Å². The lowest BCUT2D eigenvalue weighted by Gasteiger charge is -2.14. The van der Waals surface area contributed by atoms with E-state index in [2.05, 4.69) is 5.32 Å². The van der Waals surface area contributed by atoms with Crippen LogP contribution in [0, 0.1) is 11.7 Å². The Hall–Kier alpha value is -1.95. The molecule has 1 aromatic carbocycles. The molecule has 5 N–H and O–H groups in total. The number of hydrogen-bond donors (Lipinski definition) is 3. The van der Waals surface area contributed by atoms with E-state index in [1.165, 1.54) is 12.1 Å². The van der Waals surface area contributed by atoms with Gasteiger partial charge in [-0.3, -0.25) is 9.59 Å². The number of carbonyl (C=O) groups is 2. The summed E-state index contributed by atoms with van der Waals surface area (Å²) in [6.07, 6.45) is 1.43. The Morgan fingerprint density at radius 2 is 2.11 bits per heavy atom. The van der Waals surface area contributed by atoms with Gasteiger partial charge in [-0.05, 0) is 24.6 Å². The van der Waals surface area contributed by atoms with Crippen LogP contribution in [0.15, 0.2) is 18.2 Å². The van der Waals surface area contributed by atoms with Crippen molar-refractivity contribution in [2.75, 3.05) is 11.9 Å². The third kappa shape index (κ3) is 4.03. The fourth-order valence-electron chi connectivity index (χ4n) is 1.71. The molecule has 0 aliphatic rings. The van der Waals surface area contributed by atoms with Crippen LogP contribution in [0.5, 0.6) is 0 Å². The van der Waals surface area contributed by atoms with E-state index in [-0.39, 0.29) is 29.6 Å². The SMILES string of the molecule is CCCC(CN)C(=O)Nc1cc(C(N)=O)ccc1F. The minimum Gasteiger partial charge on any atom is -0.366 e. The van der Waals surface area contributed by atoms with Crippen LogP contribution in [0.4, 0.5) is 10.1 Å². The summed E-state index contributed by atoms with van der Waals surface area (Å²) in [6, 6.07) is 3.57. The standard InChI is InChI=1S/C13H18FN3O2/c1-2-3-9(7-15)13(19)17-11-6-8(12(16)18)4-5-10(11)14/h4-6,9H,2-3,7,15H2,1H3,(H2,16,18)(H,17,19). The highest BCUT2D eigenvalue weighted by Crippen LogP contribution is 2.17. The molecule has 1 rings (SSSR count). The zero-order valence-corrected chi connectivity index (χ0v) is 10.8. The second-order valence-corrected chi connectivity index (χ2v) is 4.27. The first kappa shape index (κ1) is 15.1. The lowest BCUT2D eigenvalue weighted by atomic mass is 10.0. The van der Waals surface area contributed by atoms with Crippen molar-refractivity contribution in [3.05, 3.63) is 29.6 Å². The summed E-state index contributed by atoms with van der Waals surface area (Å²) in [5, 5.41) is 2.44. The van der Waals surface area contributed by atoms with E-state index < -0.39 is 11.7 Å². The van der Waals surface area contributed by atoms with Gasteiger partial charge in [0.1, 0.15) is 5.82 Å². The van der Waals surface area contributed by atoms with Crippen LogP contribution in [0.1, 0.15) is 30.1 Å². The molecule has 1 atom stereocenters. The van der Waals surface area contributed by atoms with E-state index >= 15 is 0 Å². The van der Waals surface area contributed by atoms with Crippen LogP contribution in [0.3, 0.4) is 0 Å². The first-order valence-electron chi connectivity index (χ1n) is 6.09. The van der Waals surface area contributed by atoms with Crippen molar-refractivity contribution in [3.8, 4) is 0 Å². The van der Waals surface area contributed by atoms with Gasteiger partial charge in [-0.1, -0.05) is 13.3 Å². The van der Waals surface area contributed by atoms with Crippen molar-refractivity contribution < 1.29 is 14.0 Å². The molecular formula is C13H18FN3O2. The number of nitrogens with one attached hydrogen (secondary N) is 1. The van der Waals surface area contributed by atoms with Crippen molar-refractivity contribution in [2.45, 2.75) is 19.8 Å². The molecule has 0 spiro atoms. The zero-order chi connectivity index (χ0) is 14.4. The third-order valence-electron chi connectivity index (χ3n) is 2.80. The van der Waals surface area contributed by atoms with E-state index in [4.69, 9.17) is 11.5 Å². The molecule has 0 aliphatic heterocycles. The van der Waals surface area contributed by atoms with Crippen LogP contribution in [-0.2, 0) is 4.79 Å². The molecule has 0 bridgehead atoms. The lowest BCUT2D eigenvalue weighted by molar-refractivity contribution is -0.119. The van der Waals surface area contributed by atoms with Crippen LogP contribution in [0.2, 0.25) is 0 Å². The molecule has 0 saturated carbocycles. The molecule has 0 aromatic heterocycles. The van der Waals surface area contributed by atoms with Gasteiger partial charge >= 0.3 is 0 Å². The normalized spacial score (nSPS) is 11.9. The summed E-state index contributed by atoms with van der Waals surface area (Å²) in [6.45, 7) is 2.13. The summed E-state index contributed by atoms with van der Waals surface area (Å²) in [4.78, 5) is 22.9. The Morgan fingerprint density at radius 3 is 2.63 bits per heavy atom. The van der Waals surface area contributed by atoms with E-state index in [0.717, 1.165) is 12.5 Å². The molecule has 104 valence electrons. The highest BCUT2D eigenvalue weighted by atomic mass is 19.1. The molecule has 0 radical (unpaired) electrons. The van der Waals surface area contributed by atoms with E-state index in [0.29, 0.717) is 6.42 Å². The summed E-state index contributed by atoms with van der Waals surface area (Å²) < 4.78 is 13.5. The quantitative estimate of drug-likeness (QED) is 0.723. The summed E-state index contributed by atoms with van der Waals surface area (Å²) in [7, 11) is 0. The fraction of sp³-hybridized carbons (Fsp3) is 0.385. The molecule has 0 aliphatic carbocycles. The lowest BCUT2D eigenvalue weighted by Crippen LogP contribution is -2.29. The number of hydrogen-bond acceptors (Lipinski definition) is 3. The second-order valence-electron chi connectivity index (χ2n) is 4.27. The highest BCUT2D eigenvalue weighted by Gasteiger charge is 2.17. The molecule has 0 heterocycles. The number of rotatable bonds is 6. The molecule has 6 heteroatoms. The molecular weight excluding hydrogens is 249 g/mol. The Labute approximate surface area is 111 Å². The van der Waals surface area contributed by atoms with Crippen molar-refractivity contribution in [1.29, 1.82) is 0 Å². The van der Waals surface area contributed by atoms with Gasteiger partial charge in [0.05, 0.1) is 11.6 Å². The summed E-state index contributed by atoms with van der Waals surface area (Å²) >= 11 is 0. The first-order valence-corrected chi connectivity index (χ1v) is 6.09. The number of carbonyl (C=O) groups excluding carboxylic acids is 2. The van der Waals surface area contributed by atoms with Gasteiger partial charge in [0.2, 0.25) is 11.8 Å². The van der Waals surface area contributed by atoms with Crippen LogP contribution in [-0.4, -0.2) is 18.4 Å². The van der Waals surface area contributed by atoms with Crippen molar-refractivity contribution in [1.82, 2.24) is 0 Å². The minimum atomic E-state index is -0.681. The van der Waals surface area contributed by atoms with Crippen molar-refractivity contribution >= 4 is 17.5 Å². The largest absolute Gasteiger partial charge is 0.366 e. The number of halogens is 1. The Balaban J connectivity index is 2.89. The molecule has 5 nitrogen and oxygen atoms in total. The van der Waals surface area contributed by atoms with Crippen LogP contribution in [0.25, 0.3) is 0 Å². The fourth-order valence-corrected chi connectivity index (χ4v) is 1.71. The van der Waals surface area contributed by atoms with Gasteiger partial charge in [0.15, 0.2) is 0 Å². The van der Waals surface area contributed by atoms with Gasteiger partial charge in [0.25, 0.3) is 0 Å². The molecule has 1 aromatic rings. The molecule has 2 amide bonds. The maximum absolute atomic E-state index is 13.5.